The van der Waals surface area contributed by atoms with E-state index in [-0.39, 0.29) is 28.7 Å². The summed E-state index contributed by atoms with van der Waals surface area (Å²) < 4.78 is 31.2. The van der Waals surface area contributed by atoms with Gasteiger partial charge in [0.15, 0.2) is 11.5 Å². The molecule has 4 aromatic rings. The normalized spacial score (nSPS) is 18.4. The maximum atomic E-state index is 14.0. The standard InChI is InChI=1S/C26H25F2N7O/c1-25(27,28)20-3-2-4-21(32-20)35-22-18(23(36)34(35)17-6-7-17)14-29-24(33-22)31-16-5-8-19-15(13-16)9-12-30-26(19)10-11-26/h2-5,8,13-14,17,30H,6-7,9-12H2,1H3,(H,29,31,33). The van der Waals surface area contributed by atoms with Gasteiger partial charge in [0.05, 0.1) is 6.04 Å². The Kier molecular flexibility index (Phi) is 4.46. The summed E-state index contributed by atoms with van der Waals surface area (Å²) in [6.45, 7) is 1.77. The van der Waals surface area contributed by atoms with Gasteiger partial charge in [-0.05, 0) is 67.5 Å². The predicted molar refractivity (Wildman–Crippen MR) is 131 cm³/mol. The quantitative estimate of drug-likeness (QED) is 0.435. The van der Waals surface area contributed by atoms with Crippen molar-refractivity contribution in [3.63, 3.8) is 0 Å². The molecule has 1 aromatic carbocycles. The van der Waals surface area contributed by atoms with Crippen LogP contribution in [0.4, 0.5) is 20.4 Å². The van der Waals surface area contributed by atoms with Gasteiger partial charge in [-0.25, -0.2) is 19.3 Å². The van der Waals surface area contributed by atoms with Crippen molar-refractivity contribution in [3.05, 3.63) is 69.8 Å². The van der Waals surface area contributed by atoms with Crippen LogP contribution in [-0.2, 0) is 17.9 Å². The van der Waals surface area contributed by atoms with Crippen LogP contribution in [0.25, 0.3) is 16.9 Å². The number of rotatable bonds is 5. The highest BCUT2D eigenvalue weighted by Crippen LogP contribution is 2.49. The zero-order valence-electron chi connectivity index (χ0n) is 19.8. The summed E-state index contributed by atoms with van der Waals surface area (Å²) in [5.74, 6) is -2.54. The van der Waals surface area contributed by atoms with Gasteiger partial charge in [-0.15, -0.1) is 0 Å². The van der Waals surface area contributed by atoms with Gasteiger partial charge < -0.3 is 10.6 Å². The number of nitrogens with one attached hydrogen (secondary N) is 2. The molecule has 0 amide bonds. The maximum Gasteiger partial charge on any atom is 0.287 e. The summed E-state index contributed by atoms with van der Waals surface area (Å²) in [6.07, 6.45) is 6.47. The fourth-order valence-electron chi connectivity index (χ4n) is 5.29. The molecule has 0 unspecified atom stereocenters. The molecule has 7 rings (SSSR count). The van der Waals surface area contributed by atoms with Crippen LogP contribution in [0.1, 0.15) is 55.5 Å². The fourth-order valence-corrected chi connectivity index (χ4v) is 5.29. The van der Waals surface area contributed by atoms with E-state index in [1.807, 2.05) is 6.07 Å². The van der Waals surface area contributed by atoms with Crippen molar-refractivity contribution in [3.8, 4) is 5.82 Å². The van der Waals surface area contributed by atoms with Crippen molar-refractivity contribution < 1.29 is 8.78 Å². The van der Waals surface area contributed by atoms with Crippen molar-refractivity contribution in [2.75, 3.05) is 11.9 Å². The Bertz CT molecular complexity index is 1580. The minimum absolute atomic E-state index is 0.0142. The van der Waals surface area contributed by atoms with E-state index in [1.54, 1.807) is 15.4 Å². The molecule has 8 nitrogen and oxygen atoms in total. The van der Waals surface area contributed by atoms with Crippen molar-refractivity contribution in [2.24, 2.45) is 0 Å². The van der Waals surface area contributed by atoms with Crippen molar-refractivity contribution in [1.82, 2.24) is 29.6 Å². The smallest absolute Gasteiger partial charge is 0.287 e. The van der Waals surface area contributed by atoms with Gasteiger partial charge >= 0.3 is 0 Å². The van der Waals surface area contributed by atoms with Crippen LogP contribution in [-0.4, -0.2) is 30.9 Å². The molecule has 4 heterocycles. The Morgan fingerprint density at radius 3 is 2.75 bits per heavy atom. The van der Waals surface area contributed by atoms with Gasteiger partial charge in [0.25, 0.3) is 11.5 Å². The maximum absolute atomic E-state index is 14.0. The number of pyridine rings is 1. The van der Waals surface area contributed by atoms with Crippen molar-refractivity contribution in [2.45, 2.75) is 56.5 Å². The van der Waals surface area contributed by atoms with Crippen LogP contribution in [0.3, 0.4) is 0 Å². The molecule has 0 bridgehead atoms. The first-order valence-electron chi connectivity index (χ1n) is 12.3. The molecule has 3 aliphatic rings. The lowest BCUT2D eigenvalue weighted by molar-refractivity contribution is 0.0127. The molecule has 0 saturated heterocycles. The lowest BCUT2D eigenvalue weighted by Gasteiger charge is -2.27. The van der Waals surface area contributed by atoms with Crippen molar-refractivity contribution in [1.29, 1.82) is 0 Å². The molecule has 2 aliphatic carbocycles. The first kappa shape index (κ1) is 21.6. The summed E-state index contributed by atoms with van der Waals surface area (Å²) in [5, 5.41) is 7.24. The van der Waals surface area contributed by atoms with Crippen molar-refractivity contribution >= 4 is 22.7 Å². The molecule has 2 N–H and O–H groups in total. The van der Waals surface area contributed by atoms with Gasteiger partial charge in [0.2, 0.25) is 5.95 Å². The third-order valence-electron chi connectivity index (χ3n) is 7.40. The predicted octanol–water partition coefficient (Wildman–Crippen LogP) is 4.30. The molecule has 2 saturated carbocycles. The molecule has 2 fully saturated rings. The highest BCUT2D eigenvalue weighted by Gasteiger charge is 2.46. The van der Waals surface area contributed by atoms with Crippen LogP contribution < -0.4 is 16.2 Å². The van der Waals surface area contributed by atoms with E-state index >= 15 is 0 Å². The van der Waals surface area contributed by atoms with Crippen LogP contribution in [0.5, 0.6) is 0 Å². The zero-order chi connectivity index (χ0) is 24.7. The second-order valence-electron chi connectivity index (χ2n) is 10.1. The number of halogens is 2. The highest BCUT2D eigenvalue weighted by atomic mass is 19.3. The molecule has 0 radical (unpaired) electrons. The largest absolute Gasteiger partial charge is 0.324 e. The van der Waals surface area contributed by atoms with Gasteiger partial charge in [-0.1, -0.05) is 12.1 Å². The minimum Gasteiger partial charge on any atom is -0.324 e. The highest BCUT2D eigenvalue weighted by molar-refractivity contribution is 5.77. The summed E-state index contributed by atoms with van der Waals surface area (Å²) in [7, 11) is 0. The third-order valence-corrected chi connectivity index (χ3v) is 7.40. The fraction of sp³-hybridized carbons (Fsp3) is 0.385. The molecular weight excluding hydrogens is 464 g/mol. The Hall–Kier alpha value is -3.66. The Morgan fingerprint density at radius 1 is 1.17 bits per heavy atom. The SMILES string of the molecule is CC(F)(F)c1cccc(-n2c3nc(Nc4ccc5c(c4)CCNC54CC4)ncc3c(=O)n2C2CC2)n1. The average Bonchev–Trinajstić information content (AvgIpc) is 3.79. The molecule has 1 aliphatic heterocycles. The average molecular weight is 490 g/mol. The van der Waals surface area contributed by atoms with E-state index in [2.05, 4.69) is 37.7 Å². The number of hydrogen-bond acceptors (Lipinski definition) is 6. The Labute approximate surface area is 205 Å². The van der Waals surface area contributed by atoms with Crippen LogP contribution >= 0.6 is 0 Å². The number of aromatic nitrogens is 5. The Morgan fingerprint density at radius 2 is 2.00 bits per heavy atom. The first-order chi connectivity index (χ1) is 17.3. The zero-order valence-corrected chi connectivity index (χ0v) is 19.8. The second-order valence-corrected chi connectivity index (χ2v) is 10.1. The summed E-state index contributed by atoms with van der Waals surface area (Å²) in [6, 6.07) is 10.7. The van der Waals surface area contributed by atoms with Crippen LogP contribution in [0.2, 0.25) is 0 Å². The van der Waals surface area contributed by atoms with E-state index in [4.69, 9.17) is 0 Å². The summed E-state index contributed by atoms with van der Waals surface area (Å²) in [4.78, 5) is 26.5. The summed E-state index contributed by atoms with van der Waals surface area (Å²) in [5.41, 5.74) is 3.44. The van der Waals surface area contributed by atoms with Gasteiger partial charge in [0.1, 0.15) is 11.1 Å². The van der Waals surface area contributed by atoms with Gasteiger partial charge in [0, 0.05) is 30.9 Å². The number of fused-ring (bicyclic) bond motifs is 3. The topological polar surface area (TPSA) is 89.7 Å². The molecule has 0 atom stereocenters. The van der Waals surface area contributed by atoms with Crippen LogP contribution in [0.15, 0.2) is 47.4 Å². The second kappa shape index (κ2) is 7.42. The number of benzene rings is 1. The van der Waals surface area contributed by atoms with Gasteiger partial charge in [-0.3, -0.25) is 4.79 Å². The first-order valence-corrected chi connectivity index (χ1v) is 12.3. The molecule has 36 heavy (non-hydrogen) atoms. The van der Waals surface area contributed by atoms with E-state index in [0.29, 0.717) is 17.0 Å². The number of nitrogens with zero attached hydrogens (tertiary/aromatic N) is 5. The lowest BCUT2D eigenvalue weighted by Crippen LogP contribution is -2.36. The van der Waals surface area contributed by atoms with E-state index in [0.717, 1.165) is 38.4 Å². The molecular formula is C26H25F2N7O. The molecule has 3 aromatic heterocycles. The Balaban J connectivity index is 1.32. The van der Waals surface area contributed by atoms with Crippen LogP contribution in [0, 0.1) is 0 Å². The van der Waals surface area contributed by atoms with E-state index < -0.39 is 5.92 Å². The minimum atomic E-state index is -3.10. The molecule has 184 valence electrons. The monoisotopic (exact) mass is 489 g/mol. The number of anilines is 2. The molecule has 10 heteroatoms. The number of hydrogen-bond donors (Lipinski definition) is 2. The third kappa shape index (κ3) is 3.42. The van der Waals surface area contributed by atoms with E-state index in [1.165, 1.54) is 42.3 Å². The molecule has 1 spiro atoms. The number of alkyl halides is 2. The van der Waals surface area contributed by atoms with E-state index in [9.17, 15) is 13.6 Å². The summed E-state index contributed by atoms with van der Waals surface area (Å²) >= 11 is 0. The lowest BCUT2D eigenvalue weighted by atomic mass is 9.92. The van der Waals surface area contributed by atoms with Gasteiger partial charge in [-0.2, -0.15) is 13.8 Å².